The molecule has 0 bridgehead atoms. The third-order valence-electron chi connectivity index (χ3n) is 4.48. The summed E-state index contributed by atoms with van der Waals surface area (Å²) in [6.45, 7) is 8.12. The Kier molecular flexibility index (Phi) is 6.24. The van der Waals surface area contributed by atoms with E-state index >= 15 is 0 Å². The first kappa shape index (κ1) is 16.0. The van der Waals surface area contributed by atoms with Crippen molar-refractivity contribution in [2.75, 3.05) is 26.2 Å². The van der Waals surface area contributed by atoms with Crippen LogP contribution in [0.3, 0.4) is 0 Å². The van der Waals surface area contributed by atoms with E-state index in [0.29, 0.717) is 18.2 Å². The van der Waals surface area contributed by atoms with E-state index in [9.17, 15) is 4.79 Å². The number of benzene rings is 1. The van der Waals surface area contributed by atoms with Gasteiger partial charge in [0, 0.05) is 19.5 Å². The van der Waals surface area contributed by atoms with E-state index in [2.05, 4.69) is 43.4 Å². The Morgan fingerprint density at radius 2 is 2.19 bits per heavy atom. The van der Waals surface area contributed by atoms with Crippen LogP contribution < -0.4 is 5.32 Å². The number of nitrogens with zero attached hydrogens (tertiary/aromatic N) is 1. The van der Waals surface area contributed by atoms with Crippen LogP contribution in [0.1, 0.15) is 37.3 Å². The van der Waals surface area contributed by atoms with Gasteiger partial charge >= 0.3 is 0 Å². The van der Waals surface area contributed by atoms with E-state index in [-0.39, 0.29) is 0 Å². The van der Waals surface area contributed by atoms with Gasteiger partial charge in [-0.05, 0) is 63.2 Å². The van der Waals surface area contributed by atoms with Gasteiger partial charge in [0.1, 0.15) is 0 Å². The summed E-state index contributed by atoms with van der Waals surface area (Å²) in [5.74, 6) is 0.924. The van der Waals surface area contributed by atoms with Gasteiger partial charge in [0.15, 0.2) is 0 Å². The van der Waals surface area contributed by atoms with E-state index in [4.69, 9.17) is 0 Å². The molecule has 1 unspecified atom stereocenters. The van der Waals surface area contributed by atoms with E-state index in [1.54, 1.807) is 0 Å². The van der Waals surface area contributed by atoms with Crippen LogP contribution in [0.15, 0.2) is 24.3 Å². The third kappa shape index (κ3) is 4.85. The Balaban J connectivity index is 1.83. The average Bonchev–Trinajstić information content (AvgIpc) is 2.52. The molecule has 3 nitrogen and oxygen atoms in total. The van der Waals surface area contributed by atoms with Gasteiger partial charge < -0.3 is 10.2 Å². The molecule has 0 saturated carbocycles. The Bertz CT molecular complexity index is 452. The van der Waals surface area contributed by atoms with Crippen LogP contribution in [0, 0.1) is 12.8 Å². The number of nitrogens with one attached hydrogen (secondary N) is 1. The fourth-order valence-corrected chi connectivity index (χ4v) is 3.09. The van der Waals surface area contributed by atoms with Crippen molar-refractivity contribution < 1.29 is 4.79 Å². The molecule has 0 aromatic heterocycles. The second kappa shape index (κ2) is 8.18. The lowest BCUT2D eigenvalue weighted by Crippen LogP contribution is -2.41. The highest BCUT2D eigenvalue weighted by Gasteiger charge is 2.19. The van der Waals surface area contributed by atoms with E-state index in [1.807, 2.05) is 4.90 Å². The van der Waals surface area contributed by atoms with Crippen LogP contribution in [-0.4, -0.2) is 37.0 Å². The summed E-state index contributed by atoms with van der Waals surface area (Å²) in [5.41, 5.74) is 2.58. The summed E-state index contributed by atoms with van der Waals surface area (Å²) in [4.78, 5) is 14.5. The summed E-state index contributed by atoms with van der Waals surface area (Å²) in [7, 11) is 0. The molecule has 1 amide bonds. The SMILES string of the molecule is CCN(CC1CCCNC1)C(=O)CCc1ccccc1C. The summed E-state index contributed by atoms with van der Waals surface area (Å²) in [6.07, 6.45) is 3.96. The molecule has 1 aromatic rings. The van der Waals surface area contributed by atoms with E-state index in [1.165, 1.54) is 24.0 Å². The number of amides is 1. The van der Waals surface area contributed by atoms with Gasteiger partial charge in [0.05, 0.1) is 0 Å². The maximum Gasteiger partial charge on any atom is 0.222 e. The van der Waals surface area contributed by atoms with Gasteiger partial charge in [-0.3, -0.25) is 4.79 Å². The lowest BCUT2D eigenvalue weighted by molar-refractivity contribution is -0.131. The Morgan fingerprint density at radius 3 is 2.86 bits per heavy atom. The number of rotatable bonds is 6. The topological polar surface area (TPSA) is 32.3 Å². The highest BCUT2D eigenvalue weighted by molar-refractivity contribution is 5.76. The highest BCUT2D eigenvalue weighted by Crippen LogP contribution is 2.14. The lowest BCUT2D eigenvalue weighted by Gasteiger charge is -2.29. The van der Waals surface area contributed by atoms with Crippen molar-refractivity contribution in [2.45, 2.75) is 39.5 Å². The molecule has 1 aliphatic rings. The fourth-order valence-electron chi connectivity index (χ4n) is 3.09. The molecule has 0 radical (unpaired) electrons. The molecule has 116 valence electrons. The molecule has 21 heavy (non-hydrogen) atoms. The maximum absolute atomic E-state index is 12.4. The zero-order valence-electron chi connectivity index (χ0n) is 13.4. The highest BCUT2D eigenvalue weighted by atomic mass is 16.2. The number of hydrogen-bond acceptors (Lipinski definition) is 2. The summed E-state index contributed by atoms with van der Waals surface area (Å²) >= 11 is 0. The summed E-state index contributed by atoms with van der Waals surface area (Å²) in [6, 6.07) is 8.35. The van der Waals surface area contributed by atoms with Crippen LogP contribution in [0.25, 0.3) is 0 Å². The second-order valence-corrected chi connectivity index (χ2v) is 6.07. The predicted molar refractivity (Wildman–Crippen MR) is 87.3 cm³/mol. The predicted octanol–water partition coefficient (Wildman–Crippen LogP) is 2.78. The van der Waals surface area contributed by atoms with Crippen LogP contribution in [0.2, 0.25) is 0 Å². The normalized spacial score (nSPS) is 18.5. The fraction of sp³-hybridized carbons (Fsp3) is 0.611. The van der Waals surface area contributed by atoms with Gasteiger partial charge in [-0.1, -0.05) is 24.3 Å². The summed E-state index contributed by atoms with van der Waals surface area (Å²) < 4.78 is 0. The van der Waals surface area contributed by atoms with Crippen molar-refractivity contribution in [3.05, 3.63) is 35.4 Å². The Hall–Kier alpha value is -1.35. The Labute approximate surface area is 128 Å². The number of aryl methyl sites for hydroxylation is 2. The molecule has 1 aliphatic heterocycles. The van der Waals surface area contributed by atoms with Crippen molar-refractivity contribution in [3.63, 3.8) is 0 Å². The van der Waals surface area contributed by atoms with Gasteiger partial charge in [-0.25, -0.2) is 0 Å². The molecular formula is C18H28N2O. The monoisotopic (exact) mass is 288 g/mol. The Morgan fingerprint density at radius 1 is 1.38 bits per heavy atom. The van der Waals surface area contributed by atoms with E-state index < -0.39 is 0 Å². The molecule has 1 fully saturated rings. The quantitative estimate of drug-likeness (QED) is 0.873. The molecule has 1 aromatic carbocycles. The van der Waals surface area contributed by atoms with Crippen LogP contribution in [-0.2, 0) is 11.2 Å². The smallest absolute Gasteiger partial charge is 0.222 e. The second-order valence-electron chi connectivity index (χ2n) is 6.07. The molecule has 1 atom stereocenters. The molecule has 0 spiro atoms. The van der Waals surface area contributed by atoms with Crippen molar-refractivity contribution >= 4 is 5.91 Å². The zero-order chi connectivity index (χ0) is 15.1. The minimum atomic E-state index is 0.298. The molecule has 1 heterocycles. The first-order valence-electron chi connectivity index (χ1n) is 8.23. The van der Waals surface area contributed by atoms with Gasteiger partial charge in [-0.15, -0.1) is 0 Å². The van der Waals surface area contributed by atoms with Crippen molar-refractivity contribution in [1.29, 1.82) is 0 Å². The van der Waals surface area contributed by atoms with Crippen LogP contribution in [0.4, 0.5) is 0 Å². The average molecular weight is 288 g/mol. The number of carbonyl (C=O) groups is 1. The minimum absolute atomic E-state index is 0.298. The molecule has 3 heteroatoms. The molecule has 0 aliphatic carbocycles. The summed E-state index contributed by atoms with van der Waals surface area (Å²) in [5, 5.41) is 3.43. The number of hydrogen-bond donors (Lipinski definition) is 1. The maximum atomic E-state index is 12.4. The van der Waals surface area contributed by atoms with Gasteiger partial charge in [-0.2, -0.15) is 0 Å². The molecule has 2 rings (SSSR count). The van der Waals surface area contributed by atoms with Crippen LogP contribution in [0.5, 0.6) is 0 Å². The van der Waals surface area contributed by atoms with Gasteiger partial charge in [0.25, 0.3) is 0 Å². The van der Waals surface area contributed by atoms with Gasteiger partial charge in [0.2, 0.25) is 5.91 Å². The lowest BCUT2D eigenvalue weighted by atomic mass is 9.98. The standard InChI is InChI=1S/C18H28N2O/c1-3-20(14-16-8-6-12-19-13-16)18(21)11-10-17-9-5-4-7-15(17)2/h4-5,7,9,16,19H,3,6,8,10-14H2,1-2H3. The van der Waals surface area contributed by atoms with Crippen molar-refractivity contribution in [1.82, 2.24) is 10.2 Å². The zero-order valence-corrected chi connectivity index (χ0v) is 13.4. The van der Waals surface area contributed by atoms with Crippen molar-refractivity contribution in [2.24, 2.45) is 5.92 Å². The minimum Gasteiger partial charge on any atom is -0.343 e. The van der Waals surface area contributed by atoms with Crippen LogP contribution >= 0.6 is 0 Å². The van der Waals surface area contributed by atoms with E-state index in [0.717, 1.165) is 32.6 Å². The molecule has 1 N–H and O–H groups in total. The number of carbonyl (C=O) groups excluding carboxylic acids is 1. The third-order valence-corrected chi connectivity index (χ3v) is 4.48. The largest absolute Gasteiger partial charge is 0.343 e. The first-order valence-corrected chi connectivity index (χ1v) is 8.23. The number of piperidine rings is 1. The molecule has 1 saturated heterocycles. The van der Waals surface area contributed by atoms with Crippen molar-refractivity contribution in [3.8, 4) is 0 Å². The first-order chi connectivity index (χ1) is 10.2. The molecular weight excluding hydrogens is 260 g/mol.